The topological polar surface area (TPSA) is 42.6 Å². The largest absolute Gasteiger partial charge is 0.334 e. The molecule has 1 aromatic carbocycles. The Labute approximate surface area is 143 Å². The number of carbonyl (C=O) groups excluding carboxylic acids is 1. The van der Waals surface area contributed by atoms with Gasteiger partial charge in [0.15, 0.2) is 0 Å². The van der Waals surface area contributed by atoms with E-state index < -0.39 is 0 Å². The highest BCUT2D eigenvalue weighted by Gasteiger charge is 2.26. The molecule has 1 amide bonds. The molecule has 1 aliphatic heterocycles. The van der Waals surface area contributed by atoms with Gasteiger partial charge in [0, 0.05) is 0 Å². The molecule has 1 saturated heterocycles. The first-order valence-corrected chi connectivity index (χ1v) is 8.88. The summed E-state index contributed by atoms with van der Waals surface area (Å²) in [7, 11) is 2.18. The van der Waals surface area contributed by atoms with E-state index in [1.54, 1.807) is 6.20 Å². The van der Waals surface area contributed by atoms with Gasteiger partial charge in [-0.25, -0.2) is 0 Å². The second kappa shape index (κ2) is 7.62. The molecule has 5 heteroatoms. The molecule has 128 valence electrons. The van der Waals surface area contributed by atoms with E-state index in [0.717, 1.165) is 56.8 Å². The molecule has 3 rings (SSSR count). The second-order valence-corrected chi connectivity index (χ2v) is 6.65. The van der Waals surface area contributed by atoms with Crippen molar-refractivity contribution in [3.05, 3.63) is 53.3 Å². The van der Waals surface area contributed by atoms with Crippen LogP contribution in [0.25, 0.3) is 0 Å². The summed E-state index contributed by atoms with van der Waals surface area (Å²) in [5.41, 5.74) is 3.06. The van der Waals surface area contributed by atoms with Crippen molar-refractivity contribution in [1.82, 2.24) is 14.7 Å². The van der Waals surface area contributed by atoms with Gasteiger partial charge in [-0.3, -0.25) is 9.48 Å². The summed E-state index contributed by atoms with van der Waals surface area (Å²) in [5, 5.41) is 4.52. The SMILES string of the molecule is CCCc1c(C(=O)N2CC[NH+](C)CC2)cnn1Cc1ccccc1. The van der Waals surface area contributed by atoms with E-state index in [0.29, 0.717) is 0 Å². The quantitative estimate of drug-likeness (QED) is 0.885. The normalized spacial score (nSPS) is 15.7. The fraction of sp³-hybridized carbons (Fsp3) is 0.474. The average Bonchev–Trinajstić information content (AvgIpc) is 2.99. The summed E-state index contributed by atoms with van der Waals surface area (Å²) in [4.78, 5) is 16.4. The van der Waals surface area contributed by atoms with Crippen molar-refractivity contribution in [3.8, 4) is 0 Å². The third-order valence-electron chi connectivity index (χ3n) is 4.75. The molecule has 0 saturated carbocycles. The van der Waals surface area contributed by atoms with E-state index in [1.165, 1.54) is 10.5 Å². The van der Waals surface area contributed by atoms with Crippen LogP contribution in [0.1, 0.15) is 35.0 Å². The van der Waals surface area contributed by atoms with Gasteiger partial charge in [-0.05, 0) is 12.0 Å². The molecule has 0 radical (unpaired) electrons. The van der Waals surface area contributed by atoms with Crippen molar-refractivity contribution >= 4 is 5.91 Å². The highest BCUT2D eigenvalue weighted by atomic mass is 16.2. The summed E-state index contributed by atoms with van der Waals surface area (Å²) in [6, 6.07) is 10.3. The van der Waals surface area contributed by atoms with E-state index >= 15 is 0 Å². The van der Waals surface area contributed by atoms with Crippen LogP contribution in [0.3, 0.4) is 0 Å². The first-order valence-electron chi connectivity index (χ1n) is 8.88. The number of nitrogens with one attached hydrogen (secondary N) is 1. The van der Waals surface area contributed by atoms with Crippen LogP contribution >= 0.6 is 0 Å². The molecule has 2 heterocycles. The zero-order valence-electron chi connectivity index (χ0n) is 14.7. The fourth-order valence-electron chi connectivity index (χ4n) is 3.24. The molecule has 0 bridgehead atoms. The van der Waals surface area contributed by atoms with Crippen LogP contribution in [0.5, 0.6) is 0 Å². The Morgan fingerprint density at radius 3 is 2.58 bits per heavy atom. The van der Waals surface area contributed by atoms with Gasteiger partial charge in [-0.2, -0.15) is 5.10 Å². The highest BCUT2D eigenvalue weighted by molar-refractivity contribution is 5.95. The number of quaternary nitrogens is 1. The molecule has 1 aliphatic rings. The lowest BCUT2D eigenvalue weighted by molar-refractivity contribution is -0.883. The fourth-order valence-corrected chi connectivity index (χ4v) is 3.24. The third kappa shape index (κ3) is 3.67. The smallest absolute Gasteiger partial charge is 0.257 e. The Morgan fingerprint density at radius 1 is 1.21 bits per heavy atom. The molecular weight excluding hydrogens is 300 g/mol. The molecule has 0 aliphatic carbocycles. The Kier molecular flexibility index (Phi) is 5.30. The van der Waals surface area contributed by atoms with Crippen molar-refractivity contribution < 1.29 is 9.69 Å². The van der Waals surface area contributed by atoms with Gasteiger partial charge in [-0.15, -0.1) is 0 Å². The average molecular weight is 327 g/mol. The Hall–Kier alpha value is -2.14. The van der Waals surface area contributed by atoms with E-state index in [2.05, 4.69) is 31.2 Å². The Bertz CT molecular complexity index is 672. The molecule has 0 spiro atoms. The van der Waals surface area contributed by atoms with E-state index in [4.69, 9.17) is 0 Å². The van der Waals surface area contributed by atoms with Crippen LogP contribution in [-0.4, -0.2) is 53.8 Å². The monoisotopic (exact) mass is 327 g/mol. The number of hydrogen-bond donors (Lipinski definition) is 1. The minimum Gasteiger partial charge on any atom is -0.334 e. The van der Waals surface area contributed by atoms with Crippen molar-refractivity contribution in [2.75, 3.05) is 33.2 Å². The number of hydrogen-bond acceptors (Lipinski definition) is 2. The lowest BCUT2D eigenvalue weighted by Crippen LogP contribution is -3.12. The van der Waals surface area contributed by atoms with Crippen LogP contribution in [0.15, 0.2) is 36.5 Å². The van der Waals surface area contributed by atoms with Gasteiger partial charge in [0.2, 0.25) is 0 Å². The van der Waals surface area contributed by atoms with Crippen molar-refractivity contribution in [3.63, 3.8) is 0 Å². The van der Waals surface area contributed by atoms with Crippen LogP contribution in [0, 0.1) is 0 Å². The van der Waals surface area contributed by atoms with Crippen LogP contribution in [0.2, 0.25) is 0 Å². The Morgan fingerprint density at radius 2 is 1.92 bits per heavy atom. The predicted octanol–water partition coefficient (Wildman–Crippen LogP) is 0.854. The van der Waals surface area contributed by atoms with E-state index in [9.17, 15) is 4.79 Å². The number of piperazine rings is 1. The van der Waals surface area contributed by atoms with Crippen molar-refractivity contribution in [2.45, 2.75) is 26.3 Å². The molecule has 24 heavy (non-hydrogen) atoms. The molecule has 5 nitrogen and oxygen atoms in total. The molecule has 1 fully saturated rings. The van der Waals surface area contributed by atoms with Crippen LogP contribution < -0.4 is 4.90 Å². The highest BCUT2D eigenvalue weighted by Crippen LogP contribution is 2.16. The number of aromatic nitrogens is 2. The maximum atomic E-state index is 12.9. The predicted molar refractivity (Wildman–Crippen MR) is 94.3 cm³/mol. The second-order valence-electron chi connectivity index (χ2n) is 6.65. The van der Waals surface area contributed by atoms with E-state index in [1.807, 2.05) is 27.8 Å². The zero-order chi connectivity index (χ0) is 16.9. The first-order chi connectivity index (χ1) is 11.7. The van der Waals surface area contributed by atoms with Gasteiger partial charge in [-0.1, -0.05) is 43.7 Å². The van der Waals surface area contributed by atoms with E-state index in [-0.39, 0.29) is 5.91 Å². The minimum absolute atomic E-state index is 0.144. The van der Waals surface area contributed by atoms with Crippen LogP contribution in [0.4, 0.5) is 0 Å². The molecule has 0 unspecified atom stereocenters. The third-order valence-corrected chi connectivity index (χ3v) is 4.75. The van der Waals surface area contributed by atoms with Gasteiger partial charge >= 0.3 is 0 Å². The zero-order valence-corrected chi connectivity index (χ0v) is 14.7. The summed E-state index contributed by atoms with van der Waals surface area (Å²) in [6.07, 6.45) is 3.65. The number of amides is 1. The van der Waals surface area contributed by atoms with Crippen LogP contribution in [-0.2, 0) is 13.0 Å². The van der Waals surface area contributed by atoms with Gasteiger partial charge in [0.1, 0.15) is 0 Å². The number of rotatable bonds is 5. The summed E-state index contributed by atoms with van der Waals surface area (Å²) >= 11 is 0. The molecule has 1 aromatic heterocycles. The molecule has 2 aromatic rings. The molecule has 0 atom stereocenters. The van der Waals surface area contributed by atoms with Gasteiger partial charge < -0.3 is 9.80 Å². The summed E-state index contributed by atoms with van der Waals surface area (Å²) < 4.78 is 1.99. The Balaban J connectivity index is 1.81. The first kappa shape index (κ1) is 16.7. The lowest BCUT2D eigenvalue weighted by atomic mass is 10.1. The molecule has 1 N–H and O–H groups in total. The maximum Gasteiger partial charge on any atom is 0.257 e. The maximum absolute atomic E-state index is 12.9. The number of benzene rings is 1. The number of carbonyl (C=O) groups is 1. The summed E-state index contributed by atoms with van der Waals surface area (Å²) in [5.74, 6) is 0.144. The van der Waals surface area contributed by atoms with Gasteiger partial charge in [0.25, 0.3) is 5.91 Å². The number of nitrogens with zero attached hydrogens (tertiary/aromatic N) is 3. The van der Waals surface area contributed by atoms with Crippen molar-refractivity contribution in [2.24, 2.45) is 0 Å². The molecular formula is C19H27N4O+. The van der Waals surface area contributed by atoms with Crippen molar-refractivity contribution in [1.29, 1.82) is 0 Å². The lowest BCUT2D eigenvalue weighted by Gasteiger charge is -2.30. The minimum atomic E-state index is 0.144. The summed E-state index contributed by atoms with van der Waals surface area (Å²) in [6.45, 7) is 6.57. The standard InChI is InChI=1S/C19H26N4O/c1-3-7-18-17(19(24)22-12-10-21(2)11-13-22)14-20-23(18)15-16-8-5-4-6-9-16/h4-6,8-9,14H,3,7,10-13,15H2,1-2H3/p+1. The van der Waals surface area contributed by atoms with Gasteiger partial charge in [0.05, 0.1) is 57.2 Å². The number of likely N-dealkylation sites (N-methyl/N-ethyl adjacent to an activating group) is 1.